The van der Waals surface area contributed by atoms with Crippen LogP contribution in [0.3, 0.4) is 0 Å². The van der Waals surface area contributed by atoms with Crippen molar-refractivity contribution < 1.29 is 25.8 Å². The molecule has 0 N–H and O–H groups in total. The van der Waals surface area contributed by atoms with Crippen molar-refractivity contribution >= 4 is 50.4 Å². The zero-order chi connectivity index (χ0) is 18.4. The number of hydrogen-bond acceptors (Lipinski definition) is 0. The van der Waals surface area contributed by atoms with Crippen LogP contribution in [0.1, 0.15) is 11.1 Å². The summed E-state index contributed by atoms with van der Waals surface area (Å²) in [5.41, 5.74) is 2.70. The molecule has 0 aliphatic carbocycles. The second kappa shape index (κ2) is 10.6. The van der Waals surface area contributed by atoms with E-state index in [0.717, 1.165) is 0 Å². The Balaban J connectivity index is 0.000000204. The zero-order valence-corrected chi connectivity index (χ0v) is 21.8. The van der Waals surface area contributed by atoms with Gasteiger partial charge in [0.1, 0.15) is 0 Å². The quantitative estimate of drug-likeness (QED) is 0.116. The van der Waals surface area contributed by atoms with Crippen LogP contribution in [0.4, 0.5) is 0 Å². The Labute approximate surface area is 186 Å². The predicted molar refractivity (Wildman–Crippen MR) is 118 cm³/mol. The molecule has 0 aliphatic rings. The number of rotatable bonds is 0. The van der Waals surface area contributed by atoms with Gasteiger partial charge in [0.05, 0.1) is 0 Å². The number of benzene rings is 2. The van der Waals surface area contributed by atoms with Gasteiger partial charge in [-0.2, -0.15) is 12.1 Å². The monoisotopic (exact) mass is 566 g/mol. The molecule has 4 aromatic carbocycles. The molecule has 4 heteroatoms. The second-order valence-electron chi connectivity index (χ2n) is 6.65. The molecule has 0 fully saturated rings. The fourth-order valence-electron chi connectivity index (χ4n) is 2.61. The Bertz CT molecular complexity index is 788. The maximum Gasteiger partial charge on any atom is 0.245 e. The standard InChI is InChI=1S/2C10H9.C2H6Cl2Si.Hf/c2*1-8-6-9-4-2-3-5-10(9)7-8;1-5(2,3)4;/h2*2-7H,1H3;1-2H3;/q2*-1;;. The molecule has 0 atom stereocenters. The summed E-state index contributed by atoms with van der Waals surface area (Å²) in [7, 11) is 0. The summed E-state index contributed by atoms with van der Waals surface area (Å²) in [5, 5.41) is 5.39. The number of aryl methyl sites for hydroxylation is 2. The Kier molecular flexibility index (Phi) is 9.53. The van der Waals surface area contributed by atoms with Crippen LogP contribution < -0.4 is 0 Å². The molecule has 0 aliphatic heterocycles. The molecule has 0 radical (unpaired) electrons. The topological polar surface area (TPSA) is 0 Å². The maximum atomic E-state index is 5.43. The van der Waals surface area contributed by atoms with Gasteiger partial charge in [0, 0.05) is 25.8 Å². The Morgan fingerprint density at radius 3 is 1.31 bits per heavy atom. The zero-order valence-electron chi connectivity index (χ0n) is 15.7. The molecule has 26 heavy (non-hydrogen) atoms. The van der Waals surface area contributed by atoms with Crippen LogP contribution in [0.15, 0.2) is 72.8 Å². The molecule has 0 saturated carbocycles. The van der Waals surface area contributed by atoms with Crippen molar-refractivity contribution in [2.24, 2.45) is 0 Å². The van der Waals surface area contributed by atoms with Gasteiger partial charge in [-0.3, -0.25) is 0 Å². The van der Waals surface area contributed by atoms with Crippen LogP contribution in [-0.4, -0.2) is 6.69 Å². The fraction of sp³-hybridized carbons (Fsp3) is 0.182. The third kappa shape index (κ3) is 8.35. The van der Waals surface area contributed by atoms with E-state index in [1.54, 1.807) is 0 Å². The summed E-state index contributed by atoms with van der Waals surface area (Å²) in [5.74, 6) is 0. The largest absolute Gasteiger partial charge is 0.245 e. The van der Waals surface area contributed by atoms with E-state index in [-0.39, 0.29) is 25.8 Å². The van der Waals surface area contributed by atoms with Gasteiger partial charge in [0.15, 0.2) is 0 Å². The van der Waals surface area contributed by atoms with E-state index in [1.807, 2.05) is 13.1 Å². The molecule has 0 amide bonds. The summed E-state index contributed by atoms with van der Waals surface area (Å²) in [6.45, 7) is 6.30. The normalized spacial score (nSPS) is 10.4. The molecular weight excluding hydrogens is 542 g/mol. The van der Waals surface area contributed by atoms with Crippen LogP contribution in [0.5, 0.6) is 0 Å². The smallest absolute Gasteiger partial charge is 0.165 e. The molecular formula is C22H24Cl2HfSi-2. The average Bonchev–Trinajstić information content (AvgIpc) is 3.06. The van der Waals surface area contributed by atoms with Crippen LogP contribution in [0.25, 0.3) is 21.5 Å². The van der Waals surface area contributed by atoms with Gasteiger partial charge >= 0.3 is 0 Å². The van der Waals surface area contributed by atoms with Gasteiger partial charge in [-0.1, -0.05) is 26.0 Å². The number of halogens is 2. The van der Waals surface area contributed by atoms with Crippen LogP contribution in [-0.2, 0) is 25.8 Å². The van der Waals surface area contributed by atoms with Crippen molar-refractivity contribution in [1.82, 2.24) is 0 Å². The minimum absolute atomic E-state index is 0. The first-order valence-corrected chi connectivity index (χ1v) is 13.4. The fourth-order valence-corrected chi connectivity index (χ4v) is 2.61. The van der Waals surface area contributed by atoms with E-state index in [1.165, 1.54) is 32.7 Å². The maximum absolute atomic E-state index is 5.43. The summed E-state index contributed by atoms with van der Waals surface area (Å²) >= 11 is 10.9. The van der Waals surface area contributed by atoms with Crippen molar-refractivity contribution in [2.75, 3.05) is 0 Å². The molecule has 0 aromatic heterocycles. The van der Waals surface area contributed by atoms with Crippen molar-refractivity contribution in [1.29, 1.82) is 0 Å². The van der Waals surface area contributed by atoms with Crippen molar-refractivity contribution in [3.05, 3.63) is 83.9 Å². The average molecular weight is 566 g/mol. The van der Waals surface area contributed by atoms with Gasteiger partial charge in [0.2, 0.25) is 6.69 Å². The van der Waals surface area contributed by atoms with Gasteiger partial charge in [-0.25, -0.2) is 0 Å². The first kappa shape index (κ1) is 23.4. The second-order valence-corrected chi connectivity index (χ2v) is 15.6. The number of hydrogen-bond donors (Lipinski definition) is 0. The van der Waals surface area contributed by atoms with E-state index in [2.05, 4.69) is 86.6 Å². The van der Waals surface area contributed by atoms with Gasteiger partial charge < -0.3 is 0 Å². The third-order valence-electron chi connectivity index (χ3n) is 3.52. The molecule has 0 unspecified atom stereocenters. The molecule has 4 aromatic rings. The predicted octanol–water partition coefficient (Wildman–Crippen LogP) is 7.90. The van der Waals surface area contributed by atoms with E-state index in [9.17, 15) is 0 Å². The van der Waals surface area contributed by atoms with Gasteiger partial charge in [0.25, 0.3) is 0 Å². The van der Waals surface area contributed by atoms with Crippen LogP contribution >= 0.6 is 22.2 Å². The first-order valence-electron chi connectivity index (χ1n) is 8.34. The van der Waals surface area contributed by atoms with E-state index >= 15 is 0 Å². The van der Waals surface area contributed by atoms with E-state index in [4.69, 9.17) is 22.2 Å². The SMILES string of the molecule is C[Si](C)(Cl)Cl.Cc1cc2ccccc2[cH-]1.Cc1cc2ccccc2[cH-]1.[Hf]. The van der Waals surface area contributed by atoms with Gasteiger partial charge in [-0.15, -0.1) is 103 Å². The van der Waals surface area contributed by atoms with Crippen LogP contribution in [0.2, 0.25) is 13.1 Å². The van der Waals surface area contributed by atoms with Crippen LogP contribution in [0, 0.1) is 13.8 Å². The van der Waals surface area contributed by atoms with E-state index < -0.39 is 6.69 Å². The Hall–Kier alpha value is -0.673. The minimum atomic E-state index is -1.67. The third-order valence-corrected chi connectivity index (χ3v) is 3.52. The first-order chi connectivity index (χ1) is 11.7. The Morgan fingerprint density at radius 1 is 0.692 bits per heavy atom. The van der Waals surface area contributed by atoms with Crippen molar-refractivity contribution in [3.63, 3.8) is 0 Å². The summed E-state index contributed by atoms with van der Waals surface area (Å²) < 4.78 is 0. The minimum Gasteiger partial charge on any atom is -0.165 e. The summed E-state index contributed by atoms with van der Waals surface area (Å²) in [4.78, 5) is 0. The molecule has 136 valence electrons. The van der Waals surface area contributed by atoms with E-state index in [0.29, 0.717) is 0 Å². The molecule has 0 spiro atoms. The van der Waals surface area contributed by atoms with Crippen molar-refractivity contribution in [2.45, 2.75) is 26.9 Å². The molecule has 4 rings (SSSR count). The summed E-state index contributed by atoms with van der Waals surface area (Å²) in [6, 6.07) is 25.7. The van der Waals surface area contributed by atoms with Crippen molar-refractivity contribution in [3.8, 4) is 0 Å². The number of fused-ring (bicyclic) bond motifs is 2. The molecule has 0 saturated heterocycles. The van der Waals surface area contributed by atoms with Gasteiger partial charge in [-0.05, 0) is 13.1 Å². The molecule has 0 heterocycles. The molecule has 0 bridgehead atoms. The summed E-state index contributed by atoms with van der Waals surface area (Å²) in [6.07, 6.45) is 0. The molecule has 0 nitrogen and oxygen atoms in total. The Morgan fingerprint density at radius 2 is 1.00 bits per heavy atom.